The minimum Gasteiger partial charge on any atom is -0.480 e. The van der Waals surface area contributed by atoms with E-state index in [2.05, 4.69) is 4.98 Å². The molecule has 1 aliphatic heterocycles. The number of carboxylic acid groups (broad SMARTS) is 1. The number of hydrogen-bond donors (Lipinski definition) is 2. The van der Waals surface area contributed by atoms with Gasteiger partial charge in [0.05, 0.1) is 11.6 Å². The molecular weight excluding hydrogens is 242 g/mol. The minimum atomic E-state index is -1.00. The maximum Gasteiger partial charge on any atom is 0.327 e. The van der Waals surface area contributed by atoms with E-state index in [1.165, 1.54) is 22.9 Å². The molecule has 6 nitrogen and oxygen atoms in total. The summed E-state index contributed by atoms with van der Waals surface area (Å²) in [6.45, 7) is 0. The molecule has 1 fully saturated rings. The number of hydrogen-bond acceptors (Lipinski definition) is 5. The summed E-state index contributed by atoms with van der Waals surface area (Å²) in [5.41, 5.74) is 6.02. The molecule has 1 atom stereocenters. The third-order valence-corrected chi connectivity index (χ3v) is 3.48. The summed E-state index contributed by atoms with van der Waals surface area (Å²) in [5, 5.41) is 8.99. The summed E-state index contributed by atoms with van der Waals surface area (Å²) in [5.74, 6) is -0.682. The Balaban J connectivity index is 2.26. The number of carbonyl (C=O) groups excluding carboxylic acids is 1. The van der Waals surface area contributed by atoms with Crippen molar-refractivity contribution in [2.45, 2.75) is 6.04 Å². The zero-order valence-corrected chi connectivity index (χ0v) is 9.68. The molecule has 0 aliphatic carbocycles. The molecule has 1 unspecified atom stereocenters. The van der Waals surface area contributed by atoms with Gasteiger partial charge in [0, 0.05) is 11.9 Å². The van der Waals surface area contributed by atoms with Crippen molar-refractivity contribution < 1.29 is 14.7 Å². The number of nitrogen functional groups attached to an aromatic ring is 1. The molecule has 0 saturated carbocycles. The highest BCUT2D eigenvalue weighted by atomic mass is 32.2. The van der Waals surface area contributed by atoms with Crippen LogP contribution in [0.25, 0.3) is 0 Å². The second kappa shape index (κ2) is 4.62. The van der Waals surface area contributed by atoms with E-state index in [4.69, 9.17) is 10.8 Å². The summed E-state index contributed by atoms with van der Waals surface area (Å²) >= 11 is 1.40. The highest BCUT2D eigenvalue weighted by Gasteiger charge is 2.36. The van der Waals surface area contributed by atoms with Crippen LogP contribution in [0.2, 0.25) is 0 Å². The quantitative estimate of drug-likeness (QED) is 0.785. The SMILES string of the molecule is Nc1cccnc1C(=O)N1CSCC1C(=O)O. The van der Waals surface area contributed by atoms with Crippen molar-refractivity contribution in [2.75, 3.05) is 17.4 Å². The third-order valence-electron chi connectivity index (χ3n) is 2.47. The monoisotopic (exact) mass is 253 g/mol. The number of amides is 1. The Hall–Kier alpha value is -1.76. The van der Waals surface area contributed by atoms with Crippen molar-refractivity contribution in [3.05, 3.63) is 24.0 Å². The Bertz CT molecular complexity index is 466. The molecule has 0 spiro atoms. The van der Waals surface area contributed by atoms with Gasteiger partial charge in [-0.05, 0) is 12.1 Å². The Kier molecular flexibility index (Phi) is 3.19. The number of aliphatic carboxylic acids is 1. The molecule has 3 N–H and O–H groups in total. The number of anilines is 1. The summed E-state index contributed by atoms with van der Waals surface area (Å²) in [4.78, 5) is 28.2. The number of nitrogens with zero attached hydrogens (tertiary/aromatic N) is 2. The van der Waals surface area contributed by atoms with Gasteiger partial charge in [0.25, 0.3) is 5.91 Å². The van der Waals surface area contributed by atoms with Crippen molar-refractivity contribution in [3.63, 3.8) is 0 Å². The first-order chi connectivity index (χ1) is 8.11. The molecule has 2 rings (SSSR count). The fraction of sp³-hybridized carbons (Fsp3) is 0.300. The van der Waals surface area contributed by atoms with Crippen LogP contribution in [-0.4, -0.2) is 44.5 Å². The van der Waals surface area contributed by atoms with Gasteiger partial charge in [-0.25, -0.2) is 9.78 Å². The number of pyridine rings is 1. The smallest absolute Gasteiger partial charge is 0.327 e. The van der Waals surface area contributed by atoms with Crippen molar-refractivity contribution in [1.29, 1.82) is 0 Å². The highest BCUT2D eigenvalue weighted by Crippen LogP contribution is 2.24. The van der Waals surface area contributed by atoms with Crippen molar-refractivity contribution >= 4 is 29.3 Å². The lowest BCUT2D eigenvalue weighted by Crippen LogP contribution is -2.42. The van der Waals surface area contributed by atoms with E-state index in [0.29, 0.717) is 11.6 Å². The lowest BCUT2D eigenvalue weighted by atomic mass is 10.2. The molecule has 0 radical (unpaired) electrons. The van der Waals surface area contributed by atoms with E-state index < -0.39 is 17.9 Å². The summed E-state index contributed by atoms with van der Waals surface area (Å²) in [6.07, 6.45) is 1.46. The molecular formula is C10H11N3O3S. The molecule has 1 amide bonds. The standard InChI is InChI=1S/C10H11N3O3S/c11-6-2-1-3-12-8(6)9(14)13-5-17-4-7(13)10(15)16/h1-3,7H,4-5,11H2,(H,15,16). The summed E-state index contributed by atoms with van der Waals surface area (Å²) in [6, 6.07) is 2.40. The molecule has 90 valence electrons. The summed E-state index contributed by atoms with van der Waals surface area (Å²) < 4.78 is 0. The fourth-order valence-corrected chi connectivity index (χ4v) is 2.72. The van der Waals surface area contributed by atoms with E-state index in [0.717, 1.165) is 0 Å². The van der Waals surface area contributed by atoms with Crippen LogP contribution in [0, 0.1) is 0 Å². The Morgan fingerprint density at radius 2 is 2.35 bits per heavy atom. The van der Waals surface area contributed by atoms with Crippen LogP contribution >= 0.6 is 11.8 Å². The van der Waals surface area contributed by atoms with E-state index in [1.807, 2.05) is 0 Å². The number of carbonyl (C=O) groups is 2. The minimum absolute atomic E-state index is 0.112. The molecule has 1 saturated heterocycles. The van der Waals surface area contributed by atoms with Gasteiger partial charge in [0.15, 0.2) is 5.69 Å². The molecule has 7 heteroatoms. The highest BCUT2D eigenvalue weighted by molar-refractivity contribution is 7.99. The van der Waals surface area contributed by atoms with Crippen molar-refractivity contribution in [1.82, 2.24) is 9.88 Å². The Morgan fingerprint density at radius 1 is 1.59 bits per heavy atom. The van der Waals surface area contributed by atoms with Gasteiger partial charge in [0.2, 0.25) is 0 Å². The fourth-order valence-electron chi connectivity index (χ4n) is 1.58. The number of rotatable bonds is 2. The van der Waals surface area contributed by atoms with Crippen LogP contribution < -0.4 is 5.73 Å². The van der Waals surface area contributed by atoms with Gasteiger partial charge in [-0.1, -0.05) is 0 Å². The van der Waals surface area contributed by atoms with Gasteiger partial charge < -0.3 is 15.7 Å². The lowest BCUT2D eigenvalue weighted by Gasteiger charge is -2.20. The van der Waals surface area contributed by atoms with E-state index in [-0.39, 0.29) is 11.4 Å². The van der Waals surface area contributed by atoms with Crippen LogP contribution in [0.15, 0.2) is 18.3 Å². The van der Waals surface area contributed by atoms with E-state index in [9.17, 15) is 9.59 Å². The van der Waals surface area contributed by atoms with Crippen molar-refractivity contribution in [3.8, 4) is 0 Å². The number of carboxylic acids is 1. The van der Waals surface area contributed by atoms with Crippen LogP contribution in [0.3, 0.4) is 0 Å². The average molecular weight is 253 g/mol. The third kappa shape index (κ3) is 2.19. The van der Waals surface area contributed by atoms with E-state index in [1.54, 1.807) is 12.1 Å². The molecule has 17 heavy (non-hydrogen) atoms. The predicted molar refractivity (Wildman–Crippen MR) is 63.6 cm³/mol. The zero-order valence-electron chi connectivity index (χ0n) is 8.87. The largest absolute Gasteiger partial charge is 0.480 e. The van der Waals surface area contributed by atoms with Gasteiger partial charge >= 0.3 is 5.97 Å². The van der Waals surface area contributed by atoms with Crippen LogP contribution in [-0.2, 0) is 4.79 Å². The first kappa shape index (κ1) is 11.7. The topological polar surface area (TPSA) is 96.5 Å². The number of nitrogens with two attached hydrogens (primary N) is 1. The molecule has 0 aromatic carbocycles. The second-order valence-corrected chi connectivity index (χ2v) is 4.57. The van der Waals surface area contributed by atoms with Crippen molar-refractivity contribution in [2.24, 2.45) is 0 Å². The predicted octanol–water partition coefficient (Wildman–Crippen LogP) is 0.264. The summed E-state index contributed by atoms with van der Waals surface area (Å²) in [7, 11) is 0. The number of aromatic nitrogens is 1. The first-order valence-electron chi connectivity index (χ1n) is 4.93. The van der Waals surface area contributed by atoms with Gasteiger partial charge in [-0.15, -0.1) is 11.8 Å². The Labute approximate surface area is 102 Å². The average Bonchev–Trinajstić information content (AvgIpc) is 2.77. The van der Waals surface area contributed by atoms with Crippen LogP contribution in [0.5, 0.6) is 0 Å². The molecule has 2 heterocycles. The molecule has 1 aromatic heterocycles. The lowest BCUT2D eigenvalue weighted by molar-refractivity contribution is -0.140. The first-order valence-corrected chi connectivity index (χ1v) is 6.08. The molecule has 0 bridgehead atoms. The Morgan fingerprint density at radius 3 is 3.00 bits per heavy atom. The van der Waals surface area contributed by atoms with Gasteiger partial charge in [-0.3, -0.25) is 4.79 Å². The normalized spacial score (nSPS) is 19.3. The molecule has 1 aromatic rings. The maximum absolute atomic E-state index is 12.1. The van der Waals surface area contributed by atoms with Gasteiger partial charge in [-0.2, -0.15) is 0 Å². The maximum atomic E-state index is 12.1. The number of thioether (sulfide) groups is 1. The zero-order chi connectivity index (χ0) is 12.4. The second-order valence-electron chi connectivity index (χ2n) is 3.57. The van der Waals surface area contributed by atoms with Crippen LogP contribution in [0.1, 0.15) is 10.5 Å². The van der Waals surface area contributed by atoms with E-state index >= 15 is 0 Å². The van der Waals surface area contributed by atoms with Gasteiger partial charge in [0.1, 0.15) is 6.04 Å². The van der Waals surface area contributed by atoms with Crippen LogP contribution in [0.4, 0.5) is 5.69 Å². The molecule has 1 aliphatic rings.